The lowest BCUT2D eigenvalue weighted by atomic mass is 10.0. The van der Waals surface area contributed by atoms with Gasteiger partial charge in [-0.1, -0.05) is 30.3 Å². The number of ether oxygens (including phenoxy) is 1. The number of benzene rings is 2. The number of hydrogen-bond acceptors (Lipinski definition) is 4. The van der Waals surface area contributed by atoms with E-state index < -0.39 is 17.8 Å². The van der Waals surface area contributed by atoms with E-state index in [1.807, 2.05) is 18.2 Å². The number of hydrogen-bond donors (Lipinski definition) is 3. The molecular formula is C19H22F3NO3. The van der Waals surface area contributed by atoms with Gasteiger partial charge in [-0.25, -0.2) is 0 Å². The van der Waals surface area contributed by atoms with Crippen molar-refractivity contribution in [3.8, 4) is 5.75 Å². The van der Waals surface area contributed by atoms with E-state index in [4.69, 9.17) is 4.74 Å². The fraction of sp³-hybridized carbons (Fsp3) is 0.368. The number of alkyl halides is 3. The van der Waals surface area contributed by atoms with Crippen LogP contribution in [0, 0.1) is 0 Å². The predicted molar refractivity (Wildman–Crippen MR) is 92.0 cm³/mol. The average molecular weight is 369 g/mol. The number of aliphatic hydroxyl groups excluding tert-OH is 2. The lowest BCUT2D eigenvalue weighted by Gasteiger charge is -2.19. The summed E-state index contributed by atoms with van der Waals surface area (Å²) in [6, 6.07) is 13.5. The third kappa shape index (κ3) is 6.67. The molecule has 4 nitrogen and oxygen atoms in total. The topological polar surface area (TPSA) is 61.7 Å². The third-order valence-electron chi connectivity index (χ3n) is 3.81. The Hall–Kier alpha value is -2.09. The van der Waals surface area contributed by atoms with E-state index in [1.165, 1.54) is 12.1 Å². The molecule has 0 heterocycles. The van der Waals surface area contributed by atoms with Crippen LogP contribution in [0.25, 0.3) is 0 Å². The van der Waals surface area contributed by atoms with Gasteiger partial charge in [0.15, 0.2) is 0 Å². The standard InChI is InChI=1S/C19H22F3NO3/c20-19(21,22)15-8-6-14(7-9-15)10-16(12-24)23-11-17(25)13-26-18-4-2-1-3-5-18/h1-9,16-17,23-25H,10-13H2/t16-,17-/m0/s1. The minimum atomic E-state index is -4.37. The molecule has 0 aliphatic carbocycles. The molecule has 0 amide bonds. The second kappa shape index (κ2) is 9.56. The average Bonchev–Trinajstić information content (AvgIpc) is 2.64. The SMILES string of the molecule is OC[C@H](Cc1ccc(C(F)(F)F)cc1)NC[C@H](O)COc1ccccc1. The van der Waals surface area contributed by atoms with Crippen molar-refractivity contribution >= 4 is 0 Å². The normalized spacial score (nSPS) is 14.0. The van der Waals surface area contributed by atoms with Gasteiger partial charge in [-0.15, -0.1) is 0 Å². The molecule has 0 saturated heterocycles. The maximum absolute atomic E-state index is 12.6. The van der Waals surface area contributed by atoms with Gasteiger partial charge in [0.1, 0.15) is 18.5 Å². The van der Waals surface area contributed by atoms with Crippen LogP contribution >= 0.6 is 0 Å². The van der Waals surface area contributed by atoms with Gasteiger partial charge in [0, 0.05) is 12.6 Å². The van der Waals surface area contributed by atoms with E-state index in [2.05, 4.69) is 5.32 Å². The Kier molecular flexibility index (Phi) is 7.44. The van der Waals surface area contributed by atoms with Crippen LogP contribution in [0.5, 0.6) is 5.75 Å². The first kappa shape index (κ1) is 20.2. The maximum Gasteiger partial charge on any atom is 0.416 e. The molecule has 0 aliphatic rings. The smallest absolute Gasteiger partial charge is 0.416 e. The third-order valence-corrected chi connectivity index (χ3v) is 3.81. The molecule has 0 saturated carbocycles. The molecule has 0 spiro atoms. The van der Waals surface area contributed by atoms with Crippen LogP contribution in [-0.2, 0) is 12.6 Å². The molecule has 0 bridgehead atoms. The van der Waals surface area contributed by atoms with E-state index in [9.17, 15) is 23.4 Å². The highest BCUT2D eigenvalue weighted by Gasteiger charge is 2.30. The Morgan fingerprint density at radius 1 is 1.00 bits per heavy atom. The minimum absolute atomic E-state index is 0.0927. The summed E-state index contributed by atoms with van der Waals surface area (Å²) in [6.07, 6.45) is -4.80. The van der Waals surface area contributed by atoms with Crippen molar-refractivity contribution in [2.45, 2.75) is 24.7 Å². The van der Waals surface area contributed by atoms with Gasteiger partial charge < -0.3 is 20.3 Å². The van der Waals surface area contributed by atoms with Crippen molar-refractivity contribution in [3.05, 3.63) is 65.7 Å². The van der Waals surface area contributed by atoms with E-state index in [0.29, 0.717) is 17.7 Å². The molecule has 0 fully saturated rings. The van der Waals surface area contributed by atoms with Gasteiger partial charge in [0.25, 0.3) is 0 Å². The van der Waals surface area contributed by atoms with E-state index in [1.54, 1.807) is 12.1 Å². The molecule has 7 heteroatoms. The Bertz CT molecular complexity index is 647. The number of nitrogens with one attached hydrogen (secondary N) is 1. The van der Waals surface area contributed by atoms with Crippen LogP contribution in [0.2, 0.25) is 0 Å². The van der Waals surface area contributed by atoms with Gasteiger partial charge in [0.05, 0.1) is 12.2 Å². The molecule has 3 N–H and O–H groups in total. The van der Waals surface area contributed by atoms with E-state index in [-0.39, 0.29) is 25.8 Å². The zero-order chi connectivity index (χ0) is 19.0. The predicted octanol–water partition coefficient (Wildman–Crippen LogP) is 2.64. The van der Waals surface area contributed by atoms with Gasteiger partial charge in [0.2, 0.25) is 0 Å². The first-order chi connectivity index (χ1) is 12.4. The molecule has 0 unspecified atom stereocenters. The summed E-state index contributed by atoms with van der Waals surface area (Å²) in [6.45, 7) is 0.0847. The lowest BCUT2D eigenvalue weighted by Crippen LogP contribution is -2.41. The molecular weight excluding hydrogens is 347 g/mol. The maximum atomic E-state index is 12.6. The highest BCUT2D eigenvalue weighted by Crippen LogP contribution is 2.29. The summed E-state index contributed by atoms with van der Waals surface area (Å²) in [4.78, 5) is 0. The molecule has 0 aromatic heterocycles. The molecule has 2 aromatic rings. The summed E-state index contributed by atoms with van der Waals surface area (Å²) in [7, 11) is 0. The summed E-state index contributed by atoms with van der Waals surface area (Å²) in [5, 5.41) is 22.4. The van der Waals surface area contributed by atoms with Crippen LogP contribution in [0.3, 0.4) is 0 Å². The molecule has 26 heavy (non-hydrogen) atoms. The number of rotatable bonds is 9. The summed E-state index contributed by atoms with van der Waals surface area (Å²) in [5.74, 6) is 0.648. The van der Waals surface area contributed by atoms with Crippen LogP contribution in [0.15, 0.2) is 54.6 Å². The number of halogens is 3. The zero-order valence-electron chi connectivity index (χ0n) is 14.1. The van der Waals surface area contributed by atoms with Crippen molar-refractivity contribution in [2.24, 2.45) is 0 Å². The zero-order valence-corrected chi connectivity index (χ0v) is 14.1. The van der Waals surface area contributed by atoms with Gasteiger partial charge in [-0.2, -0.15) is 13.2 Å². The minimum Gasteiger partial charge on any atom is -0.491 e. The fourth-order valence-electron chi connectivity index (χ4n) is 2.39. The Morgan fingerprint density at radius 2 is 1.65 bits per heavy atom. The van der Waals surface area contributed by atoms with Gasteiger partial charge >= 0.3 is 6.18 Å². The monoisotopic (exact) mass is 369 g/mol. The largest absolute Gasteiger partial charge is 0.491 e. The Balaban J connectivity index is 1.78. The molecule has 0 radical (unpaired) electrons. The summed E-state index contributed by atoms with van der Waals surface area (Å²) in [5.41, 5.74) is -0.0391. The quantitative estimate of drug-likeness (QED) is 0.636. The van der Waals surface area contributed by atoms with Gasteiger partial charge in [-0.3, -0.25) is 0 Å². The van der Waals surface area contributed by atoms with Crippen LogP contribution in [0.1, 0.15) is 11.1 Å². The molecule has 2 atom stereocenters. The number of aliphatic hydroxyl groups is 2. The fourth-order valence-corrected chi connectivity index (χ4v) is 2.39. The summed E-state index contributed by atoms with van der Waals surface area (Å²) >= 11 is 0. The lowest BCUT2D eigenvalue weighted by molar-refractivity contribution is -0.137. The first-order valence-electron chi connectivity index (χ1n) is 8.24. The highest BCUT2D eigenvalue weighted by molar-refractivity contribution is 5.25. The van der Waals surface area contributed by atoms with Crippen LogP contribution in [-0.4, -0.2) is 42.1 Å². The highest BCUT2D eigenvalue weighted by atomic mass is 19.4. The van der Waals surface area contributed by atoms with Gasteiger partial charge in [-0.05, 0) is 36.2 Å². The van der Waals surface area contributed by atoms with E-state index in [0.717, 1.165) is 12.1 Å². The number of para-hydroxylation sites is 1. The van der Waals surface area contributed by atoms with Crippen molar-refractivity contribution in [1.82, 2.24) is 5.32 Å². The second-order valence-corrected chi connectivity index (χ2v) is 5.96. The second-order valence-electron chi connectivity index (χ2n) is 5.96. The van der Waals surface area contributed by atoms with Crippen LogP contribution < -0.4 is 10.1 Å². The van der Waals surface area contributed by atoms with Crippen molar-refractivity contribution in [1.29, 1.82) is 0 Å². The molecule has 142 valence electrons. The summed E-state index contributed by atoms with van der Waals surface area (Å²) < 4.78 is 43.1. The molecule has 2 aromatic carbocycles. The molecule has 2 rings (SSSR count). The van der Waals surface area contributed by atoms with Crippen molar-refractivity contribution in [3.63, 3.8) is 0 Å². The Labute approximate surface area is 150 Å². The van der Waals surface area contributed by atoms with Crippen LogP contribution in [0.4, 0.5) is 13.2 Å². The molecule has 0 aliphatic heterocycles. The Morgan fingerprint density at radius 3 is 2.23 bits per heavy atom. The van der Waals surface area contributed by atoms with E-state index >= 15 is 0 Å². The van der Waals surface area contributed by atoms with Crippen molar-refractivity contribution in [2.75, 3.05) is 19.8 Å². The van der Waals surface area contributed by atoms with Crippen molar-refractivity contribution < 1.29 is 28.1 Å². The first-order valence-corrected chi connectivity index (χ1v) is 8.24.